The average molecular weight is 365 g/mol. The van der Waals surface area contributed by atoms with Crippen LogP contribution in [0.2, 0.25) is 0 Å². The number of nitrogens with one attached hydrogen (secondary N) is 1. The zero-order chi connectivity index (χ0) is 18.1. The summed E-state index contributed by atoms with van der Waals surface area (Å²) in [5.41, 5.74) is 1.96. The van der Waals surface area contributed by atoms with Gasteiger partial charge in [0, 0.05) is 16.0 Å². The predicted octanol–water partition coefficient (Wildman–Crippen LogP) is 4.57. The zero-order valence-corrected chi connectivity index (χ0v) is 15.3. The number of hydrogen-bond acceptors (Lipinski definition) is 4. The second kappa shape index (κ2) is 6.92. The second-order valence-corrected chi connectivity index (χ2v) is 7.61. The lowest BCUT2D eigenvalue weighted by Crippen LogP contribution is -2.29. The van der Waals surface area contributed by atoms with Crippen LogP contribution in [0.5, 0.6) is 0 Å². The highest BCUT2D eigenvalue weighted by Gasteiger charge is 2.23. The molecular formula is C21H19NO3S. The number of fused-ring (bicyclic) bond motifs is 2. The molecule has 0 fully saturated rings. The summed E-state index contributed by atoms with van der Waals surface area (Å²) in [4.78, 5) is 26.7. The Bertz CT molecular complexity index is 965. The molecule has 0 spiro atoms. The Labute approximate surface area is 155 Å². The van der Waals surface area contributed by atoms with Gasteiger partial charge in [0.2, 0.25) is 0 Å². The van der Waals surface area contributed by atoms with Gasteiger partial charge in [-0.15, -0.1) is 11.3 Å². The van der Waals surface area contributed by atoms with Gasteiger partial charge in [-0.1, -0.05) is 36.4 Å². The minimum atomic E-state index is -0.863. The van der Waals surface area contributed by atoms with Crippen molar-refractivity contribution >= 4 is 39.7 Å². The van der Waals surface area contributed by atoms with Gasteiger partial charge in [0.05, 0.1) is 0 Å². The first-order valence-corrected chi connectivity index (χ1v) is 9.54. The van der Waals surface area contributed by atoms with Crippen LogP contribution in [0.3, 0.4) is 0 Å². The first kappa shape index (κ1) is 16.8. The lowest BCUT2D eigenvalue weighted by molar-refractivity contribution is -0.123. The van der Waals surface area contributed by atoms with Crippen molar-refractivity contribution in [1.29, 1.82) is 0 Å². The molecule has 3 aromatic rings. The third kappa shape index (κ3) is 3.22. The van der Waals surface area contributed by atoms with E-state index in [0.29, 0.717) is 10.6 Å². The number of esters is 1. The first-order valence-electron chi connectivity index (χ1n) is 8.73. The van der Waals surface area contributed by atoms with Crippen molar-refractivity contribution in [1.82, 2.24) is 0 Å². The van der Waals surface area contributed by atoms with Crippen LogP contribution < -0.4 is 5.32 Å². The van der Waals surface area contributed by atoms with Gasteiger partial charge < -0.3 is 10.1 Å². The lowest BCUT2D eigenvalue weighted by Gasteiger charge is -2.14. The summed E-state index contributed by atoms with van der Waals surface area (Å²) in [7, 11) is 0. The largest absolute Gasteiger partial charge is 0.448 e. The highest BCUT2D eigenvalue weighted by Crippen LogP contribution is 2.31. The summed E-state index contributed by atoms with van der Waals surface area (Å²) in [6.07, 6.45) is 2.35. The molecule has 1 N–H and O–H groups in total. The number of benzene rings is 2. The van der Waals surface area contributed by atoms with Crippen LogP contribution >= 0.6 is 11.3 Å². The smallest absolute Gasteiger partial charge is 0.349 e. The molecule has 0 radical (unpaired) electrons. The molecule has 4 rings (SSSR count). The van der Waals surface area contributed by atoms with Gasteiger partial charge in [0.1, 0.15) is 4.88 Å². The van der Waals surface area contributed by atoms with Crippen molar-refractivity contribution in [3.8, 4) is 0 Å². The van der Waals surface area contributed by atoms with Crippen molar-refractivity contribution in [2.24, 2.45) is 0 Å². The molecular weight excluding hydrogens is 346 g/mol. The minimum Gasteiger partial charge on any atom is -0.448 e. The van der Waals surface area contributed by atoms with E-state index < -0.39 is 12.1 Å². The van der Waals surface area contributed by atoms with Crippen molar-refractivity contribution in [3.63, 3.8) is 0 Å². The van der Waals surface area contributed by atoms with Gasteiger partial charge in [0.15, 0.2) is 6.10 Å². The molecule has 0 aliphatic heterocycles. The van der Waals surface area contributed by atoms with E-state index >= 15 is 0 Å². The Morgan fingerprint density at radius 3 is 2.77 bits per heavy atom. The van der Waals surface area contributed by atoms with Crippen molar-refractivity contribution < 1.29 is 14.3 Å². The average Bonchev–Trinajstić information content (AvgIpc) is 3.24. The normalized spacial score (nSPS) is 14.0. The van der Waals surface area contributed by atoms with Gasteiger partial charge >= 0.3 is 5.97 Å². The molecule has 1 unspecified atom stereocenters. The van der Waals surface area contributed by atoms with E-state index in [4.69, 9.17) is 4.74 Å². The molecule has 0 saturated heterocycles. The van der Waals surface area contributed by atoms with Crippen LogP contribution in [0.25, 0.3) is 10.8 Å². The number of aryl methyl sites for hydroxylation is 2. The van der Waals surface area contributed by atoms with Gasteiger partial charge in [-0.05, 0) is 49.3 Å². The Kier molecular flexibility index (Phi) is 4.47. The molecule has 1 amide bonds. The molecule has 2 aromatic carbocycles. The molecule has 4 nitrogen and oxygen atoms in total. The number of ether oxygens (including phenoxy) is 1. The lowest BCUT2D eigenvalue weighted by atomic mass is 10.1. The highest BCUT2D eigenvalue weighted by molar-refractivity contribution is 7.14. The number of anilines is 1. The van der Waals surface area contributed by atoms with Crippen molar-refractivity contribution in [3.05, 3.63) is 63.8 Å². The fourth-order valence-electron chi connectivity index (χ4n) is 3.27. The van der Waals surface area contributed by atoms with Crippen molar-refractivity contribution in [2.45, 2.75) is 32.3 Å². The van der Waals surface area contributed by atoms with E-state index in [0.717, 1.165) is 30.0 Å². The monoisotopic (exact) mass is 365 g/mol. The Morgan fingerprint density at radius 2 is 1.92 bits per heavy atom. The summed E-state index contributed by atoms with van der Waals surface area (Å²) in [6, 6.07) is 15.5. The third-order valence-electron chi connectivity index (χ3n) is 4.65. The summed E-state index contributed by atoms with van der Waals surface area (Å²) in [6.45, 7) is 1.60. The van der Waals surface area contributed by atoms with Crippen LogP contribution in [0.4, 0.5) is 5.69 Å². The number of thiophene rings is 1. The molecule has 0 saturated carbocycles. The molecule has 1 aliphatic rings. The van der Waals surface area contributed by atoms with Gasteiger partial charge in [-0.3, -0.25) is 4.79 Å². The molecule has 1 aliphatic carbocycles. The Hall–Kier alpha value is -2.66. The quantitative estimate of drug-likeness (QED) is 0.689. The topological polar surface area (TPSA) is 55.4 Å². The standard InChI is InChI=1S/C21H19NO3S/c1-13(25-21(24)19-12-15-8-5-11-18(15)26-19)20(23)22-17-10-4-7-14-6-2-3-9-16(14)17/h2-4,6-7,9-10,12-13H,5,8,11H2,1H3,(H,22,23). The maximum Gasteiger partial charge on any atom is 0.349 e. The maximum absolute atomic E-state index is 12.5. The van der Waals surface area contributed by atoms with E-state index in [-0.39, 0.29) is 5.91 Å². The van der Waals surface area contributed by atoms with Gasteiger partial charge in [-0.2, -0.15) is 0 Å². The zero-order valence-electron chi connectivity index (χ0n) is 14.5. The molecule has 1 atom stereocenters. The highest BCUT2D eigenvalue weighted by atomic mass is 32.1. The third-order valence-corrected chi connectivity index (χ3v) is 5.87. The Balaban J connectivity index is 1.44. The summed E-state index contributed by atoms with van der Waals surface area (Å²) in [5, 5.41) is 4.87. The molecule has 0 bridgehead atoms. The maximum atomic E-state index is 12.5. The summed E-state index contributed by atoms with van der Waals surface area (Å²) >= 11 is 1.48. The fraction of sp³-hybridized carbons (Fsp3) is 0.238. The fourth-order valence-corrected chi connectivity index (χ4v) is 4.41. The van der Waals surface area contributed by atoms with E-state index in [1.54, 1.807) is 6.92 Å². The molecule has 5 heteroatoms. The summed E-state index contributed by atoms with van der Waals surface area (Å²) < 4.78 is 5.38. The van der Waals surface area contributed by atoms with E-state index in [9.17, 15) is 9.59 Å². The van der Waals surface area contributed by atoms with Crippen LogP contribution in [-0.2, 0) is 22.4 Å². The first-order chi connectivity index (χ1) is 12.6. The number of rotatable bonds is 4. The van der Waals surface area contributed by atoms with E-state index in [1.807, 2.05) is 48.5 Å². The molecule has 1 aromatic heterocycles. The Morgan fingerprint density at radius 1 is 1.12 bits per heavy atom. The second-order valence-electron chi connectivity index (χ2n) is 6.48. The van der Waals surface area contributed by atoms with Crippen molar-refractivity contribution in [2.75, 3.05) is 5.32 Å². The number of carbonyl (C=O) groups is 2. The number of amides is 1. The van der Waals surface area contributed by atoms with Crippen LogP contribution in [0.1, 0.15) is 33.5 Å². The molecule has 132 valence electrons. The summed E-state index contributed by atoms with van der Waals surface area (Å²) in [5.74, 6) is -0.760. The number of hydrogen-bond donors (Lipinski definition) is 1. The SMILES string of the molecule is CC(OC(=O)c1cc2c(s1)CCC2)C(=O)Nc1cccc2ccccc12. The van der Waals surface area contributed by atoms with Crippen LogP contribution in [-0.4, -0.2) is 18.0 Å². The number of carbonyl (C=O) groups excluding carboxylic acids is 2. The van der Waals surface area contributed by atoms with Crippen LogP contribution in [0, 0.1) is 0 Å². The van der Waals surface area contributed by atoms with Crippen LogP contribution in [0.15, 0.2) is 48.5 Å². The van der Waals surface area contributed by atoms with Gasteiger partial charge in [-0.25, -0.2) is 4.79 Å². The predicted molar refractivity (Wildman–Crippen MR) is 104 cm³/mol. The minimum absolute atomic E-state index is 0.334. The van der Waals surface area contributed by atoms with E-state index in [1.165, 1.54) is 21.8 Å². The molecule has 1 heterocycles. The van der Waals surface area contributed by atoms with E-state index in [2.05, 4.69) is 5.32 Å². The molecule has 26 heavy (non-hydrogen) atoms. The van der Waals surface area contributed by atoms with Gasteiger partial charge in [0.25, 0.3) is 5.91 Å².